The Hall–Kier alpha value is -2.04. The Balaban J connectivity index is 1.48. The molecule has 1 saturated heterocycles. The van der Waals surface area contributed by atoms with Gasteiger partial charge in [-0.1, -0.05) is 49.6 Å². The molecule has 1 aliphatic heterocycles. The molecule has 0 spiro atoms. The van der Waals surface area contributed by atoms with E-state index in [9.17, 15) is 4.79 Å². The molecule has 0 aromatic heterocycles. The van der Waals surface area contributed by atoms with E-state index in [-0.39, 0.29) is 5.92 Å². The van der Waals surface area contributed by atoms with Gasteiger partial charge in [0, 0.05) is 38.1 Å². The van der Waals surface area contributed by atoms with Crippen LogP contribution in [-0.2, 0) is 11.2 Å². The molecule has 2 fully saturated rings. The average molecular weight is 371 g/mol. The summed E-state index contributed by atoms with van der Waals surface area (Å²) in [7, 11) is 0. The van der Waals surface area contributed by atoms with E-state index in [1.165, 1.54) is 24.8 Å². The highest BCUT2D eigenvalue weighted by Crippen LogP contribution is 2.26. The molecule has 1 aliphatic carbocycles. The average Bonchev–Trinajstić information content (AvgIpc) is 3.17. The minimum absolute atomic E-state index is 0.269. The van der Waals surface area contributed by atoms with E-state index in [1.54, 1.807) is 0 Å². The van der Waals surface area contributed by atoms with E-state index in [2.05, 4.69) is 46.7 Å². The highest BCUT2D eigenvalue weighted by Gasteiger charge is 2.31. The van der Waals surface area contributed by atoms with Crippen LogP contribution in [0.3, 0.4) is 0 Å². The Labute approximate surface area is 163 Å². The molecule has 0 bridgehead atoms. The largest absolute Gasteiger partial charge is 0.357 e. The summed E-state index contributed by atoms with van der Waals surface area (Å²) in [4.78, 5) is 19.5. The lowest BCUT2D eigenvalue weighted by Gasteiger charge is -2.26. The highest BCUT2D eigenvalue weighted by molar-refractivity contribution is 5.81. The van der Waals surface area contributed by atoms with Crippen molar-refractivity contribution in [2.45, 2.75) is 57.9 Å². The summed E-state index contributed by atoms with van der Waals surface area (Å²) in [6.07, 6.45) is 7.82. The summed E-state index contributed by atoms with van der Waals surface area (Å²) in [5, 5.41) is 6.87. The fourth-order valence-electron chi connectivity index (χ4n) is 4.14. The van der Waals surface area contributed by atoms with Crippen LogP contribution in [0, 0.1) is 5.92 Å². The lowest BCUT2D eigenvalue weighted by atomic mass is 9.88. The normalized spacial score (nSPS) is 21.3. The van der Waals surface area contributed by atoms with E-state index >= 15 is 0 Å². The van der Waals surface area contributed by atoms with Gasteiger partial charge in [-0.25, -0.2) is 0 Å². The van der Waals surface area contributed by atoms with Gasteiger partial charge in [-0.2, -0.15) is 0 Å². The first-order valence-electron chi connectivity index (χ1n) is 10.6. The van der Waals surface area contributed by atoms with Crippen LogP contribution in [0.1, 0.15) is 51.0 Å². The van der Waals surface area contributed by atoms with Crippen molar-refractivity contribution in [1.29, 1.82) is 0 Å². The predicted molar refractivity (Wildman–Crippen MR) is 111 cm³/mol. The van der Waals surface area contributed by atoms with Crippen LogP contribution in [0.5, 0.6) is 0 Å². The summed E-state index contributed by atoms with van der Waals surface area (Å²) in [6.45, 7) is 5.36. The second kappa shape index (κ2) is 10.3. The van der Waals surface area contributed by atoms with Crippen molar-refractivity contribution in [3.8, 4) is 0 Å². The Bertz CT molecular complexity index is 610. The molecule has 5 nitrogen and oxygen atoms in total. The molecule has 2 N–H and O–H groups in total. The first-order chi connectivity index (χ1) is 13.3. The molecule has 0 radical (unpaired) electrons. The Morgan fingerprint density at radius 1 is 1.15 bits per heavy atom. The lowest BCUT2D eigenvalue weighted by molar-refractivity contribution is -0.135. The number of hydrogen-bond acceptors (Lipinski definition) is 2. The lowest BCUT2D eigenvalue weighted by Crippen LogP contribution is -2.45. The molecule has 1 saturated carbocycles. The Morgan fingerprint density at radius 3 is 2.67 bits per heavy atom. The summed E-state index contributed by atoms with van der Waals surface area (Å²) >= 11 is 0. The van der Waals surface area contributed by atoms with Gasteiger partial charge in [0.2, 0.25) is 5.91 Å². The van der Waals surface area contributed by atoms with Gasteiger partial charge in [-0.3, -0.25) is 9.79 Å². The number of rotatable bonds is 6. The van der Waals surface area contributed by atoms with Crippen LogP contribution in [0.15, 0.2) is 35.3 Å². The molecule has 1 unspecified atom stereocenters. The fraction of sp³-hybridized carbons (Fsp3) is 0.636. The number of guanidine groups is 1. The monoisotopic (exact) mass is 370 g/mol. The summed E-state index contributed by atoms with van der Waals surface area (Å²) in [6, 6.07) is 10.8. The van der Waals surface area contributed by atoms with Crippen molar-refractivity contribution in [1.82, 2.24) is 15.5 Å². The molecule has 1 atom stereocenters. The minimum Gasteiger partial charge on any atom is -0.357 e. The van der Waals surface area contributed by atoms with Crippen LogP contribution < -0.4 is 10.6 Å². The molecule has 2 aliphatic rings. The molecule has 1 heterocycles. The topological polar surface area (TPSA) is 56.7 Å². The van der Waals surface area contributed by atoms with E-state index < -0.39 is 0 Å². The van der Waals surface area contributed by atoms with Crippen molar-refractivity contribution in [3.05, 3.63) is 35.9 Å². The number of carbonyl (C=O) groups excluding carboxylic acids is 1. The maximum atomic E-state index is 12.7. The van der Waals surface area contributed by atoms with E-state index in [0.717, 1.165) is 57.8 Å². The zero-order chi connectivity index (χ0) is 18.9. The summed E-state index contributed by atoms with van der Waals surface area (Å²) < 4.78 is 0. The van der Waals surface area contributed by atoms with Gasteiger partial charge in [0.25, 0.3) is 0 Å². The minimum atomic E-state index is 0.269. The third kappa shape index (κ3) is 5.98. The van der Waals surface area contributed by atoms with Crippen molar-refractivity contribution < 1.29 is 4.79 Å². The van der Waals surface area contributed by atoms with Crippen molar-refractivity contribution >= 4 is 11.9 Å². The molecule has 1 aromatic carbocycles. The number of hydrogen-bond donors (Lipinski definition) is 2. The van der Waals surface area contributed by atoms with Gasteiger partial charge < -0.3 is 15.5 Å². The standard InChI is InChI=1S/C22H34N4O/c1-2-23-22(24-15-13-18-9-5-3-6-10-18)25-20-14-16-26(17-20)21(27)19-11-7-4-8-12-19/h3,5-6,9-10,19-20H,2,4,7-8,11-17H2,1H3,(H2,23,24,25). The van der Waals surface area contributed by atoms with Crippen LogP contribution in [0.4, 0.5) is 0 Å². The first-order valence-corrected chi connectivity index (χ1v) is 10.6. The molecule has 1 amide bonds. The SMILES string of the molecule is CCNC(=NCCc1ccccc1)NC1CCN(C(=O)C2CCCCC2)C1. The third-order valence-corrected chi connectivity index (χ3v) is 5.65. The third-order valence-electron chi connectivity index (χ3n) is 5.65. The second-order valence-corrected chi connectivity index (χ2v) is 7.75. The zero-order valence-electron chi connectivity index (χ0n) is 16.6. The van der Waals surface area contributed by atoms with Crippen LogP contribution in [-0.4, -0.2) is 49.0 Å². The Morgan fingerprint density at radius 2 is 1.93 bits per heavy atom. The smallest absolute Gasteiger partial charge is 0.225 e. The fourth-order valence-corrected chi connectivity index (χ4v) is 4.14. The number of amides is 1. The molecule has 3 rings (SSSR count). The van der Waals surface area contributed by atoms with Crippen LogP contribution in [0.2, 0.25) is 0 Å². The Kier molecular flexibility index (Phi) is 7.55. The number of likely N-dealkylation sites (tertiary alicyclic amines) is 1. The van der Waals surface area contributed by atoms with Crippen molar-refractivity contribution in [3.63, 3.8) is 0 Å². The van der Waals surface area contributed by atoms with E-state index in [1.807, 2.05) is 6.07 Å². The molecule has 27 heavy (non-hydrogen) atoms. The van der Waals surface area contributed by atoms with Gasteiger partial charge in [0.15, 0.2) is 5.96 Å². The number of benzene rings is 1. The first kappa shape index (κ1) is 19.7. The second-order valence-electron chi connectivity index (χ2n) is 7.75. The predicted octanol–water partition coefficient (Wildman–Crippen LogP) is 2.97. The van der Waals surface area contributed by atoms with Gasteiger partial charge in [0.05, 0.1) is 0 Å². The molecule has 5 heteroatoms. The quantitative estimate of drug-likeness (QED) is 0.598. The van der Waals surface area contributed by atoms with Gasteiger partial charge in [0.1, 0.15) is 0 Å². The maximum Gasteiger partial charge on any atom is 0.225 e. The van der Waals surface area contributed by atoms with Gasteiger partial charge >= 0.3 is 0 Å². The number of nitrogens with zero attached hydrogens (tertiary/aromatic N) is 2. The van der Waals surface area contributed by atoms with Gasteiger partial charge in [-0.15, -0.1) is 0 Å². The van der Waals surface area contributed by atoms with Crippen LogP contribution >= 0.6 is 0 Å². The van der Waals surface area contributed by atoms with Crippen molar-refractivity contribution in [2.24, 2.45) is 10.9 Å². The molecule has 148 valence electrons. The summed E-state index contributed by atoms with van der Waals surface area (Å²) in [5.74, 6) is 1.51. The summed E-state index contributed by atoms with van der Waals surface area (Å²) in [5.41, 5.74) is 1.31. The van der Waals surface area contributed by atoms with Crippen LogP contribution in [0.25, 0.3) is 0 Å². The molecular formula is C22H34N4O. The number of carbonyl (C=O) groups is 1. The zero-order valence-corrected chi connectivity index (χ0v) is 16.6. The highest BCUT2D eigenvalue weighted by atomic mass is 16.2. The molecule has 1 aromatic rings. The van der Waals surface area contributed by atoms with Gasteiger partial charge in [-0.05, 0) is 38.2 Å². The maximum absolute atomic E-state index is 12.7. The molecular weight excluding hydrogens is 336 g/mol. The van der Waals surface area contributed by atoms with E-state index in [4.69, 9.17) is 4.99 Å². The number of nitrogens with one attached hydrogen (secondary N) is 2. The van der Waals surface area contributed by atoms with E-state index in [0.29, 0.717) is 11.9 Å². The number of aliphatic imine (C=N–C) groups is 1. The van der Waals surface area contributed by atoms with Crippen molar-refractivity contribution in [2.75, 3.05) is 26.2 Å².